The molecular weight excluding hydrogens is 268 g/mol. The minimum Gasteiger partial charge on any atom is -0.378 e. The first-order valence-corrected chi connectivity index (χ1v) is 7.25. The summed E-state index contributed by atoms with van der Waals surface area (Å²) in [6.07, 6.45) is 6.30. The second kappa shape index (κ2) is 5.77. The highest BCUT2D eigenvalue weighted by molar-refractivity contribution is 7.80. The second-order valence-corrected chi connectivity index (χ2v) is 5.40. The van der Waals surface area contributed by atoms with Gasteiger partial charge in [-0.05, 0) is 23.8 Å². The molecule has 0 aliphatic carbocycles. The first-order chi connectivity index (χ1) is 9.75. The summed E-state index contributed by atoms with van der Waals surface area (Å²) in [5.41, 5.74) is 3.62. The number of para-hydroxylation sites is 1. The number of hydrogen-bond acceptors (Lipinski definition) is 3. The molecule has 1 aromatic carbocycles. The number of thiocarbonyl (C=S) groups is 1. The molecule has 0 radical (unpaired) electrons. The summed E-state index contributed by atoms with van der Waals surface area (Å²) >= 11 is 5.56. The van der Waals surface area contributed by atoms with Gasteiger partial charge >= 0.3 is 0 Å². The summed E-state index contributed by atoms with van der Waals surface area (Å²) in [5, 5.41) is 0. The fourth-order valence-electron chi connectivity index (χ4n) is 2.52. The lowest BCUT2D eigenvalue weighted by Crippen LogP contribution is -2.39. The molecule has 2 aliphatic heterocycles. The van der Waals surface area contributed by atoms with Crippen molar-refractivity contribution in [1.29, 1.82) is 0 Å². The molecule has 3 nitrogen and oxygen atoms in total. The minimum atomic E-state index is 0.762. The fraction of sp³-hybridized carbons (Fsp3) is 0.312. The summed E-state index contributed by atoms with van der Waals surface area (Å²) in [5.74, 6) is 0. The molecule has 0 unspecified atom stereocenters. The van der Waals surface area contributed by atoms with E-state index >= 15 is 0 Å². The van der Waals surface area contributed by atoms with E-state index in [9.17, 15) is 0 Å². The van der Waals surface area contributed by atoms with E-state index in [0.717, 1.165) is 31.3 Å². The van der Waals surface area contributed by atoms with E-state index in [4.69, 9.17) is 17.0 Å². The Morgan fingerprint density at radius 3 is 2.80 bits per heavy atom. The average molecular weight is 286 g/mol. The molecule has 0 aromatic heterocycles. The predicted octanol–water partition coefficient (Wildman–Crippen LogP) is 2.69. The number of morpholine rings is 1. The van der Waals surface area contributed by atoms with Crippen LogP contribution < -0.4 is 4.90 Å². The third kappa shape index (κ3) is 2.62. The molecule has 1 aromatic rings. The quantitative estimate of drug-likeness (QED) is 0.582. The molecule has 4 heteroatoms. The van der Waals surface area contributed by atoms with Gasteiger partial charge in [-0.2, -0.15) is 0 Å². The minimum absolute atomic E-state index is 0.762. The standard InChI is InChI=1S/C16H18N2OS/c1-17-7-6-13(14-4-2-3-5-15(14)17)12-16(20)18-8-10-19-11-9-18/h2-7,12H,8-11H2,1H3/b13-12+. The summed E-state index contributed by atoms with van der Waals surface area (Å²) in [6, 6.07) is 8.40. The fourth-order valence-corrected chi connectivity index (χ4v) is 2.83. The van der Waals surface area contributed by atoms with Crippen LogP contribution in [0, 0.1) is 0 Å². The normalized spacial score (nSPS) is 20.1. The molecule has 2 aliphatic rings. The van der Waals surface area contributed by atoms with E-state index in [1.54, 1.807) is 0 Å². The van der Waals surface area contributed by atoms with E-state index in [2.05, 4.69) is 59.5 Å². The summed E-state index contributed by atoms with van der Waals surface area (Å²) in [6.45, 7) is 3.29. The second-order valence-electron chi connectivity index (χ2n) is 4.98. The Kier molecular flexibility index (Phi) is 3.85. The highest BCUT2D eigenvalue weighted by atomic mass is 32.1. The Bertz CT molecular complexity index is 574. The van der Waals surface area contributed by atoms with Crippen molar-refractivity contribution in [3.8, 4) is 0 Å². The van der Waals surface area contributed by atoms with Gasteiger partial charge in [-0.25, -0.2) is 0 Å². The smallest absolute Gasteiger partial charge is 0.102 e. The Labute approximate surface area is 125 Å². The zero-order chi connectivity index (χ0) is 13.9. The Balaban J connectivity index is 1.88. The van der Waals surface area contributed by atoms with Crippen LogP contribution in [0.15, 0.2) is 42.6 Å². The van der Waals surface area contributed by atoms with Crippen molar-refractivity contribution in [3.63, 3.8) is 0 Å². The number of nitrogens with zero attached hydrogens (tertiary/aromatic N) is 2. The van der Waals surface area contributed by atoms with Crippen molar-refractivity contribution in [2.24, 2.45) is 0 Å². The largest absolute Gasteiger partial charge is 0.378 e. The van der Waals surface area contributed by atoms with Crippen molar-refractivity contribution in [3.05, 3.63) is 48.2 Å². The zero-order valence-corrected chi connectivity index (χ0v) is 12.4. The van der Waals surface area contributed by atoms with E-state index < -0.39 is 0 Å². The Morgan fingerprint density at radius 1 is 1.25 bits per heavy atom. The summed E-state index contributed by atoms with van der Waals surface area (Å²) in [7, 11) is 2.06. The number of rotatable bonds is 1. The summed E-state index contributed by atoms with van der Waals surface area (Å²) in [4.78, 5) is 5.23. The van der Waals surface area contributed by atoms with Crippen LogP contribution in [0.4, 0.5) is 5.69 Å². The van der Waals surface area contributed by atoms with Crippen molar-refractivity contribution < 1.29 is 4.74 Å². The molecule has 0 amide bonds. The Hall–Kier alpha value is -1.65. The van der Waals surface area contributed by atoms with Gasteiger partial charge in [-0.15, -0.1) is 0 Å². The van der Waals surface area contributed by atoms with Gasteiger partial charge in [0.1, 0.15) is 4.99 Å². The van der Waals surface area contributed by atoms with Gasteiger partial charge in [0.05, 0.1) is 13.2 Å². The molecule has 0 saturated carbocycles. The van der Waals surface area contributed by atoms with Crippen LogP contribution in [0.1, 0.15) is 5.56 Å². The molecular formula is C16H18N2OS. The van der Waals surface area contributed by atoms with Gasteiger partial charge in [0.25, 0.3) is 0 Å². The first kappa shape index (κ1) is 13.3. The van der Waals surface area contributed by atoms with Gasteiger partial charge in [-0.3, -0.25) is 0 Å². The molecule has 0 N–H and O–H groups in total. The molecule has 2 heterocycles. The molecule has 1 fully saturated rings. The summed E-state index contributed by atoms with van der Waals surface area (Å²) < 4.78 is 5.37. The van der Waals surface area contributed by atoms with Crippen LogP contribution in [0.3, 0.4) is 0 Å². The van der Waals surface area contributed by atoms with Gasteiger partial charge in [-0.1, -0.05) is 30.4 Å². The zero-order valence-electron chi connectivity index (χ0n) is 11.6. The number of anilines is 1. The number of benzene rings is 1. The van der Waals surface area contributed by atoms with E-state index in [-0.39, 0.29) is 0 Å². The first-order valence-electron chi connectivity index (χ1n) is 6.84. The van der Waals surface area contributed by atoms with Crippen molar-refractivity contribution in [2.45, 2.75) is 0 Å². The lowest BCUT2D eigenvalue weighted by atomic mass is 10.00. The van der Waals surface area contributed by atoms with Crippen molar-refractivity contribution in [2.75, 3.05) is 38.3 Å². The number of hydrogen-bond donors (Lipinski definition) is 0. The van der Waals surface area contributed by atoms with Crippen LogP contribution in [-0.4, -0.2) is 43.2 Å². The molecule has 20 heavy (non-hydrogen) atoms. The molecule has 3 rings (SSSR count). The van der Waals surface area contributed by atoms with Gasteiger partial charge < -0.3 is 14.5 Å². The Morgan fingerprint density at radius 2 is 2.00 bits per heavy atom. The highest BCUT2D eigenvalue weighted by Crippen LogP contribution is 2.31. The maximum atomic E-state index is 5.56. The molecule has 0 atom stereocenters. The average Bonchev–Trinajstić information content (AvgIpc) is 2.51. The lowest BCUT2D eigenvalue weighted by molar-refractivity contribution is 0.0694. The van der Waals surface area contributed by atoms with Crippen LogP contribution in [0.2, 0.25) is 0 Å². The van der Waals surface area contributed by atoms with Crippen molar-refractivity contribution in [1.82, 2.24) is 4.90 Å². The van der Waals surface area contributed by atoms with E-state index in [1.165, 1.54) is 16.8 Å². The van der Waals surface area contributed by atoms with E-state index in [1.807, 2.05) is 0 Å². The third-order valence-electron chi connectivity index (χ3n) is 3.67. The van der Waals surface area contributed by atoms with Gasteiger partial charge in [0.2, 0.25) is 0 Å². The van der Waals surface area contributed by atoms with Crippen LogP contribution in [0.25, 0.3) is 5.57 Å². The molecule has 1 saturated heterocycles. The maximum Gasteiger partial charge on any atom is 0.102 e. The topological polar surface area (TPSA) is 15.7 Å². The molecule has 104 valence electrons. The van der Waals surface area contributed by atoms with Crippen LogP contribution in [-0.2, 0) is 4.74 Å². The highest BCUT2D eigenvalue weighted by Gasteiger charge is 2.16. The number of allylic oxidation sites excluding steroid dienone is 2. The lowest BCUT2D eigenvalue weighted by Gasteiger charge is -2.29. The van der Waals surface area contributed by atoms with E-state index in [0.29, 0.717) is 0 Å². The molecule has 0 spiro atoms. The maximum absolute atomic E-state index is 5.56. The SMILES string of the molecule is CN1C=C/C(=C\C(=S)N2CCOCC2)c2ccccc21. The number of ether oxygens (including phenoxy) is 1. The monoisotopic (exact) mass is 286 g/mol. The van der Waals surface area contributed by atoms with Gasteiger partial charge in [0.15, 0.2) is 0 Å². The molecule has 0 bridgehead atoms. The van der Waals surface area contributed by atoms with Crippen LogP contribution in [0.5, 0.6) is 0 Å². The van der Waals surface area contributed by atoms with Crippen molar-refractivity contribution >= 4 is 28.5 Å². The van der Waals surface area contributed by atoms with Gasteiger partial charge in [0, 0.05) is 37.6 Å². The van der Waals surface area contributed by atoms with Crippen LogP contribution >= 0.6 is 12.2 Å². The number of fused-ring (bicyclic) bond motifs is 1. The third-order valence-corrected chi connectivity index (χ3v) is 4.05. The predicted molar refractivity (Wildman–Crippen MR) is 87.0 cm³/mol.